The van der Waals surface area contributed by atoms with Gasteiger partial charge in [0.1, 0.15) is 0 Å². The highest BCUT2D eigenvalue weighted by Gasteiger charge is 2.31. The highest BCUT2D eigenvalue weighted by atomic mass is 35.5. The van der Waals surface area contributed by atoms with E-state index in [0.717, 1.165) is 19.5 Å². The van der Waals surface area contributed by atoms with Crippen LogP contribution in [0.4, 0.5) is 11.9 Å². The Morgan fingerprint density at radius 1 is 1.32 bits per heavy atom. The normalized spacial score (nSPS) is 14.8. The topological polar surface area (TPSA) is 53.9 Å². The van der Waals surface area contributed by atoms with Crippen molar-refractivity contribution in [1.29, 1.82) is 0 Å². The van der Waals surface area contributed by atoms with Gasteiger partial charge < -0.3 is 10.2 Å². The van der Waals surface area contributed by atoms with Crippen LogP contribution in [0.5, 0.6) is 0 Å². The summed E-state index contributed by atoms with van der Waals surface area (Å²) < 4.78 is 0. The van der Waals surface area contributed by atoms with Gasteiger partial charge in [0.25, 0.3) is 0 Å². The summed E-state index contributed by atoms with van der Waals surface area (Å²) >= 11 is 6.01. The molecule has 1 N–H and O–H groups in total. The van der Waals surface area contributed by atoms with E-state index < -0.39 is 0 Å². The first-order valence-electron chi connectivity index (χ1n) is 7.02. The molecule has 19 heavy (non-hydrogen) atoms. The lowest BCUT2D eigenvalue weighted by Crippen LogP contribution is -2.31. The predicted molar refractivity (Wildman–Crippen MR) is 78.8 cm³/mol. The summed E-state index contributed by atoms with van der Waals surface area (Å²) in [6.45, 7) is 8.31. The van der Waals surface area contributed by atoms with E-state index in [0.29, 0.717) is 23.9 Å². The number of halogens is 1. The number of nitrogens with zero attached hydrogens (tertiary/aromatic N) is 4. The molecule has 1 heterocycles. The van der Waals surface area contributed by atoms with Gasteiger partial charge >= 0.3 is 0 Å². The van der Waals surface area contributed by atoms with Crippen molar-refractivity contribution >= 4 is 23.5 Å². The highest BCUT2D eigenvalue weighted by Crippen LogP contribution is 2.31. The molecule has 1 aromatic rings. The molecule has 2 rings (SSSR count). The fourth-order valence-corrected chi connectivity index (χ4v) is 2.11. The van der Waals surface area contributed by atoms with Gasteiger partial charge in [0.2, 0.25) is 17.2 Å². The number of hydrogen-bond acceptors (Lipinski definition) is 5. The monoisotopic (exact) mass is 283 g/mol. The van der Waals surface area contributed by atoms with E-state index in [1.54, 1.807) is 0 Å². The molecule has 1 aliphatic rings. The van der Waals surface area contributed by atoms with Crippen LogP contribution in [0.2, 0.25) is 5.28 Å². The Balaban J connectivity index is 2.18. The fourth-order valence-electron chi connectivity index (χ4n) is 1.96. The van der Waals surface area contributed by atoms with Crippen molar-refractivity contribution in [3.05, 3.63) is 5.28 Å². The van der Waals surface area contributed by atoms with Gasteiger partial charge in [-0.3, -0.25) is 0 Å². The molecule has 1 saturated carbocycles. The van der Waals surface area contributed by atoms with Crippen LogP contribution in [0.1, 0.15) is 40.0 Å². The van der Waals surface area contributed by atoms with Crippen molar-refractivity contribution in [2.24, 2.45) is 5.92 Å². The maximum absolute atomic E-state index is 6.01. The number of rotatable bonds is 7. The van der Waals surface area contributed by atoms with Crippen LogP contribution in [0, 0.1) is 5.92 Å². The Labute approximate surface area is 119 Å². The minimum atomic E-state index is 0.262. The largest absolute Gasteiger partial charge is 0.354 e. The maximum Gasteiger partial charge on any atom is 0.231 e. The van der Waals surface area contributed by atoms with E-state index in [1.165, 1.54) is 12.8 Å². The molecule has 0 aliphatic heterocycles. The van der Waals surface area contributed by atoms with Crippen molar-refractivity contribution < 1.29 is 0 Å². The second-order valence-corrected chi connectivity index (χ2v) is 5.77. The van der Waals surface area contributed by atoms with E-state index in [-0.39, 0.29) is 5.28 Å². The third-order valence-corrected chi connectivity index (χ3v) is 3.10. The molecule has 0 aromatic carbocycles. The Kier molecular flexibility index (Phi) is 4.80. The Morgan fingerprint density at radius 2 is 2.05 bits per heavy atom. The zero-order chi connectivity index (χ0) is 13.8. The average molecular weight is 284 g/mol. The second-order valence-electron chi connectivity index (χ2n) is 5.43. The van der Waals surface area contributed by atoms with Crippen LogP contribution in [-0.2, 0) is 0 Å². The van der Waals surface area contributed by atoms with Gasteiger partial charge in [-0.05, 0) is 36.8 Å². The number of aromatic nitrogens is 3. The van der Waals surface area contributed by atoms with Gasteiger partial charge in [0, 0.05) is 19.1 Å². The molecular formula is C13H22ClN5. The first-order valence-corrected chi connectivity index (χ1v) is 7.40. The van der Waals surface area contributed by atoms with Crippen LogP contribution in [0.15, 0.2) is 0 Å². The second kappa shape index (κ2) is 6.37. The van der Waals surface area contributed by atoms with Crippen LogP contribution >= 0.6 is 11.6 Å². The molecule has 1 aromatic heterocycles. The summed E-state index contributed by atoms with van der Waals surface area (Å²) in [4.78, 5) is 15.2. The van der Waals surface area contributed by atoms with Crippen LogP contribution in [-0.4, -0.2) is 34.1 Å². The molecule has 1 fully saturated rings. The van der Waals surface area contributed by atoms with Gasteiger partial charge in [-0.2, -0.15) is 15.0 Å². The number of nitrogens with one attached hydrogen (secondary N) is 1. The van der Waals surface area contributed by atoms with E-state index in [2.05, 4.69) is 45.9 Å². The molecule has 0 atom stereocenters. The van der Waals surface area contributed by atoms with Crippen molar-refractivity contribution in [3.63, 3.8) is 0 Å². The van der Waals surface area contributed by atoms with Crippen LogP contribution < -0.4 is 10.2 Å². The van der Waals surface area contributed by atoms with E-state index in [4.69, 9.17) is 11.6 Å². The molecule has 0 unspecified atom stereocenters. The standard InChI is InChI=1S/C13H22ClN5/c1-4-7-15-12-16-11(14)17-13(18-12)19(8-9(2)3)10-5-6-10/h9-10H,4-8H2,1-3H3,(H,15,16,17,18). The molecule has 1 aliphatic carbocycles. The average Bonchev–Trinajstić information content (AvgIpc) is 3.16. The summed E-state index contributed by atoms with van der Waals surface area (Å²) in [5.74, 6) is 1.85. The number of anilines is 2. The lowest BCUT2D eigenvalue weighted by Gasteiger charge is -2.24. The third kappa shape index (κ3) is 4.20. The molecule has 0 amide bonds. The van der Waals surface area contributed by atoms with Crippen LogP contribution in [0.25, 0.3) is 0 Å². The van der Waals surface area contributed by atoms with E-state index >= 15 is 0 Å². The van der Waals surface area contributed by atoms with Crippen molar-refractivity contribution in [3.8, 4) is 0 Å². The zero-order valence-corrected chi connectivity index (χ0v) is 12.6. The third-order valence-electron chi connectivity index (χ3n) is 2.94. The lowest BCUT2D eigenvalue weighted by atomic mass is 10.2. The van der Waals surface area contributed by atoms with Gasteiger partial charge in [-0.25, -0.2) is 0 Å². The highest BCUT2D eigenvalue weighted by molar-refractivity contribution is 6.28. The molecule has 5 nitrogen and oxygen atoms in total. The smallest absolute Gasteiger partial charge is 0.231 e. The lowest BCUT2D eigenvalue weighted by molar-refractivity contribution is 0.596. The maximum atomic E-state index is 6.01. The SMILES string of the molecule is CCCNc1nc(Cl)nc(N(CC(C)C)C2CC2)n1. The van der Waals surface area contributed by atoms with Crippen molar-refractivity contribution in [2.45, 2.75) is 46.1 Å². The Hall–Kier alpha value is -1.10. The van der Waals surface area contributed by atoms with Crippen molar-refractivity contribution in [1.82, 2.24) is 15.0 Å². The summed E-state index contributed by atoms with van der Waals surface area (Å²) in [5.41, 5.74) is 0. The van der Waals surface area contributed by atoms with E-state index in [1.807, 2.05) is 0 Å². The minimum Gasteiger partial charge on any atom is -0.354 e. The van der Waals surface area contributed by atoms with Crippen LogP contribution in [0.3, 0.4) is 0 Å². The zero-order valence-electron chi connectivity index (χ0n) is 11.9. The molecule has 6 heteroatoms. The van der Waals surface area contributed by atoms with Gasteiger partial charge in [-0.15, -0.1) is 0 Å². The van der Waals surface area contributed by atoms with Gasteiger partial charge in [0.15, 0.2) is 0 Å². The molecule has 0 radical (unpaired) electrons. The predicted octanol–water partition coefficient (Wildman–Crippen LogP) is 2.97. The minimum absolute atomic E-state index is 0.262. The summed E-state index contributed by atoms with van der Waals surface area (Å²) in [6.07, 6.45) is 3.46. The van der Waals surface area contributed by atoms with E-state index in [9.17, 15) is 0 Å². The first-order chi connectivity index (χ1) is 9.10. The molecule has 0 saturated heterocycles. The van der Waals surface area contributed by atoms with Crippen molar-refractivity contribution in [2.75, 3.05) is 23.3 Å². The van der Waals surface area contributed by atoms with Gasteiger partial charge in [-0.1, -0.05) is 20.8 Å². The number of hydrogen-bond donors (Lipinski definition) is 1. The van der Waals surface area contributed by atoms with Gasteiger partial charge in [0.05, 0.1) is 0 Å². The molecule has 0 bridgehead atoms. The Morgan fingerprint density at radius 3 is 2.63 bits per heavy atom. The quantitative estimate of drug-likeness (QED) is 0.834. The molecular weight excluding hydrogens is 262 g/mol. The molecule has 0 spiro atoms. The molecule has 106 valence electrons. The summed E-state index contributed by atoms with van der Waals surface area (Å²) in [7, 11) is 0. The summed E-state index contributed by atoms with van der Waals surface area (Å²) in [5, 5.41) is 3.43. The first kappa shape index (κ1) is 14.3. The fraction of sp³-hybridized carbons (Fsp3) is 0.769. The summed E-state index contributed by atoms with van der Waals surface area (Å²) in [6, 6.07) is 0.569. The Bertz CT molecular complexity index is 419.